The summed E-state index contributed by atoms with van der Waals surface area (Å²) in [5.41, 5.74) is 0.736. The molecule has 1 unspecified atom stereocenters. The Morgan fingerprint density at radius 2 is 2.09 bits per heavy atom. The van der Waals surface area contributed by atoms with Crippen molar-refractivity contribution in [2.75, 3.05) is 33.2 Å². The first-order valence-corrected chi connectivity index (χ1v) is 10.6. The molecule has 1 saturated heterocycles. The van der Waals surface area contributed by atoms with Crippen molar-refractivity contribution in [1.82, 2.24) is 19.9 Å². The molecule has 0 N–H and O–H groups in total. The third-order valence-electron chi connectivity index (χ3n) is 6.02. The number of benzene rings is 1. The minimum atomic E-state index is -4.47. The maximum absolute atomic E-state index is 13.5. The third kappa shape index (κ3) is 4.34. The summed E-state index contributed by atoms with van der Waals surface area (Å²) in [7, 11) is 2.05. The minimum Gasteiger partial charge on any atom is -0.338 e. The fraction of sp³-hybridized carbons (Fsp3) is 0.435. The van der Waals surface area contributed by atoms with E-state index in [9.17, 15) is 18.0 Å². The normalized spacial score (nSPS) is 17.0. The van der Waals surface area contributed by atoms with Crippen LogP contribution < -0.4 is 0 Å². The first-order valence-electron chi connectivity index (χ1n) is 10.6. The number of hydrogen-bond acceptors (Lipinski definition) is 5. The number of amides is 1. The highest BCUT2D eigenvalue weighted by Crippen LogP contribution is 2.34. The van der Waals surface area contributed by atoms with Crippen molar-refractivity contribution in [2.24, 2.45) is 5.92 Å². The van der Waals surface area contributed by atoms with Gasteiger partial charge in [-0.15, -0.1) is 0 Å². The quantitative estimate of drug-likeness (QED) is 0.572. The lowest BCUT2D eigenvalue weighted by Gasteiger charge is -2.20. The predicted octanol–water partition coefficient (Wildman–Crippen LogP) is 4.63. The van der Waals surface area contributed by atoms with Crippen LogP contribution >= 0.6 is 0 Å². The zero-order chi connectivity index (χ0) is 23.0. The first-order chi connectivity index (χ1) is 15.2. The van der Waals surface area contributed by atoms with Crippen LogP contribution in [0.4, 0.5) is 13.2 Å². The summed E-state index contributed by atoms with van der Waals surface area (Å²) in [6.45, 7) is 6.93. The maximum Gasteiger partial charge on any atom is 0.416 e. The van der Waals surface area contributed by atoms with Crippen LogP contribution in [0.15, 0.2) is 34.9 Å². The number of carbonyl (C=O) groups excluding carboxylic acids is 1. The number of halogens is 3. The Morgan fingerprint density at radius 3 is 2.81 bits per heavy atom. The Morgan fingerprint density at radius 1 is 1.31 bits per heavy atom. The van der Waals surface area contributed by atoms with Gasteiger partial charge in [0.1, 0.15) is 0 Å². The van der Waals surface area contributed by atoms with Crippen LogP contribution in [-0.2, 0) is 6.18 Å². The van der Waals surface area contributed by atoms with Gasteiger partial charge < -0.3 is 14.3 Å². The molecule has 1 aliphatic rings. The lowest BCUT2D eigenvalue weighted by Crippen LogP contribution is -2.31. The molecule has 0 saturated carbocycles. The fourth-order valence-corrected chi connectivity index (χ4v) is 4.17. The lowest BCUT2D eigenvalue weighted by molar-refractivity contribution is -0.137. The van der Waals surface area contributed by atoms with Gasteiger partial charge in [0.05, 0.1) is 27.9 Å². The Balaban J connectivity index is 1.71. The molecule has 9 heteroatoms. The van der Waals surface area contributed by atoms with Gasteiger partial charge >= 0.3 is 6.18 Å². The van der Waals surface area contributed by atoms with Gasteiger partial charge in [0.25, 0.3) is 11.6 Å². The van der Waals surface area contributed by atoms with Crippen LogP contribution in [0.25, 0.3) is 22.4 Å². The molecule has 1 fully saturated rings. The Kier molecular flexibility index (Phi) is 5.94. The molecule has 3 heterocycles. The van der Waals surface area contributed by atoms with Gasteiger partial charge in [0.2, 0.25) is 0 Å². The van der Waals surface area contributed by atoms with Gasteiger partial charge in [-0.1, -0.05) is 24.2 Å². The van der Waals surface area contributed by atoms with E-state index in [1.54, 1.807) is 17.9 Å². The maximum atomic E-state index is 13.5. The molecule has 32 heavy (non-hydrogen) atoms. The molecule has 0 bridgehead atoms. The predicted molar refractivity (Wildman–Crippen MR) is 114 cm³/mol. The van der Waals surface area contributed by atoms with Crippen molar-refractivity contribution >= 4 is 17.0 Å². The highest BCUT2D eigenvalue weighted by atomic mass is 19.4. The summed E-state index contributed by atoms with van der Waals surface area (Å²) in [4.78, 5) is 21.8. The van der Waals surface area contributed by atoms with E-state index in [1.165, 1.54) is 12.1 Å². The molecule has 1 atom stereocenters. The van der Waals surface area contributed by atoms with Crippen LogP contribution in [0.1, 0.15) is 35.0 Å². The van der Waals surface area contributed by atoms with Crippen molar-refractivity contribution < 1.29 is 22.5 Å². The number of rotatable bonds is 5. The van der Waals surface area contributed by atoms with E-state index in [2.05, 4.69) is 29.0 Å². The molecule has 4 rings (SSSR count). The number of hydrogen-bond donors (Lipinski definition) is 0. The largest absolute Gasteiger partial charge is 0.416 e. The Bertz CT molecular complexity index is 1140. The molecule has 1 aliphatic heterocycles. The van der Waals surface area contributed by atoms with E-state index in [0.717, 1.165) is 31.6 Å². The Hall–Kier alpha value is -2.94. The van der Waals surface area contributed by atoms with Gasteiger partial charge in [-0.3, -0.25) is 4.79 Å². The number of pyridine rings is 1. The minimum absolute atomic E-state index is 0.141. The van der Waals surface area contributed by atoms with Crippen molar-refractivity contribution in [2.45, 2.75) is 26.4 Å². The van der Waals surface area contributed by atoms with Crippen LogP contribution in [0, 0.1) is 12.8 Å². The van der Waals surface area contributed by atoms with Crippen LogP contribution in [-0.4, -0.2) is 59.1 Å². The van der Waals surface area contributed by atoms with Crippen molar-refractivity contribution in [3.8, 4) is 11.3 Å². The zero-order valence-electron chi connectivity index (χ0n) is 18.2. The second kappa shape index (κ2) is 8.54. The van der Waals surface area contributed by atoms with Gasteiger partial charge in [-0.25, -0.2) is 4.98 Å². The van der Waals surface area contributed by atoms with Crippen molar-refractivity contribution in [3.05, 3.63) is 47.2 Å². The second-order valence-corrected chi connectivity index (χ2v) is 8.34. The summed E-state index contributed by atoms with van der Waals surface area (Å²) >= 11 is 0. The molecule has 1 aromatic carbocycles. The lowest BCUT2D eigenvalue weighted by atomic mass is 10.0. The number of carbonyl (C=O) groups is 1. The van der Waals surface area contributed by atoms with Crippen molar-refractivity contribution in [3.63, 3.8) is 0 Å². The molecule has 0 spiro atoms. The summed E-state index contributed by atoms with van der Waals surface area (Å²) in [5, 5.41) is 4.43. The molecular weight excluding hydrogens is 421 g/mol. The van der Waals surface area contributed by atoms with Crippen molar-refractivity contribution in [1.29, 1.82) is 0 Å². The van der Waals surface area contributed by atoms with E-state index in [4.69, 9.17) is 4.52 Å². The van der Waals surface area contributed by atoms with Crippen LogP contribution in [0.2, 0.25) is 0 Å². The van der Waals surface area contributed by atoms with E-state index in [1.807, 2.05) is 0 Å². The monoisotopic (exact) mass is 446 g/mol. The van der Waals surface area contributed by atoms with Crippen LogP contribution in [0.5, 0.6) is 0 Å². The molecule has 0 aliphatic carbocycles. The standard InChI is InChI=1S/C23H25F3N4O2/c1-4-29(3)12-15-8-9-30(13-15)22(31)18-11-19(27-21-20(18)14(2)28-32-21)16-6-5-7-17(10-16)23(24,25)26/h5-7,10-11,15H,4,8-9,12-13H2,1-3H3. The third-order valence-corrected chi connectivity index (χ3v) is 6.02. The molecular formula is C23H25F3N4O2. The first kappa shape index (κ1) is 22.3. The van der Waals surface area contributed by atoms with Gasteiger partial charge in [-0.2, -0.15) is 13.2 Å². The number of fused-ring (bicyclic) bond motifs is 1. The highest BCUT2D eigenvalue weighted by molar-refractivity contribution is 6.07. The number of nitrogens with zero attached hydrogens (tertiary/aromatic N) is 4. The summed E-state index contributed by atoms with van der Waals surface area (Å²) in [6, 6.07) is 6.44. The summed E-state index contributed by atoms with van der Waals surface area (Å²) in [5.74, 6) is 0.200. The van der Waals surface area contributed by atoms with E-state index < -0.39 is 11.7 Å². The van der Waals surface area contributed by atoms with Gasteiger partial charge in [0.15, 0.2) is 0 Å². The summed E-state index contributed by atoms with van der Waals surface area (Å²) in [6.07, 6.45) is -3.56. The molecule has 3 aromatic rings. The molecule has 6 nitrogen and oxygen atoms in total. The molecule has 0 radical (unpaired) electrons. The fourth-order valence-electron chi connectivity index (χ4n) is 4.17. The smallest absolute Gasteiger partial charge is 0.338 e. The number of aryl methyl sites for hydroxylation is 1. The molecule has 170 valence electrons. The van der Waals surface area contributed by atoms with E-state index in [-0.39, 0.29) is 22.9 Å². The molecule has 1 amide bonds. The topological polar surface area (TPSA) is 62.5 Å². The number of likely N-dealkylation sites (tertiary alicyclic amines) is 1. The average Bonchev–Trinajstić information content (AvgIpc) is 3.39. The Labute approximate surface area is 184 Å². The van der Waals surface area contributed by atoms with E-state index in [0.29, 0.717) is 35.7 Å². The second-order valence-electron chi connectivity index (χ2n) is 8.34. The number of alkyl halides is 3. The van der Waals surface area contributed by atoms with Gasteiger partial charge in [-0.05, 0) is 51.1 Å². The summed E-state index contributed by atoms with van der Waals surface area (Å²) < 4.78 is 44.9. The van der Waals surface area contributed by atoms with E-state index >= 15 is 0 Å². The highest BCUT2D eigenvalue weighted by Gasteiger charge is 2.32. The van der Waals surface area contributed by atoms with Crippen LogP contribution in [0.3, 0.4) is 0 Å². The zero-order valence-corrected chi connectivity index (χ0v) is 18.2. The van der Waals surface area contributed by atoms with Gasteiger partial charge in [0, 0.05) is 25.2 Å². The SMILES string of the molecule is CCN(C)CC1CCN(C(=O)c2cc(-c3cccc(C(F)(F)F)c3)nc3onc(C)c23)C1. The number of aromatic nitrogens is 2. The molecule has 2 aromatic heterocycles. The average molecular weight is 446 g/mol.